The van der Waals surface area contributed by atoms with Gasteiger partial charge in [0.2, 0.25) is 0 Å². The second-order valence-electron chi connectivity index (χ2n) is 4.91. The lowest BCUT2D eigenvalue weighted by atomic mass is 10.1. The highest BCUT2D eigenvalue weighted by molar-refractivity contribution is 6.29. The molecule has 0 fully saturated rings. The lowest BCUT2D eigenvalue weighted by Crippen LogP contribution is -2.31. The maximum Gasteiger partial charge on any atom is 0.128 e. The summed E-state index contributed by atoms with van der Waals surface area (Å²) in [5, 5.41) is 0.673. The summed E-state index contributed by atoms with van der Waals surface area (Å²) in [6.07, 6.45) is 4.60. The first-order chi connectivity index (χ1) is 9.13. The molecule has 0 spiro atoms. The topological polar surface area (TPSA) is 46.8 Å². The van der Waals surface area contributed by atoms with Crippen LogP contribution < -0.4 is 0 Å². The third kappa shape index (κ3) is 2.48. The molecule has 6 heteroatoms. The van der Waals surface area contributed by atoms with Crippen molar-refractivity contribution in [3.63, 3.8) is 0 Å². The van der Waals surface area contributed by atoms with Gasteiger partial charge in [-0.3, -0.25) is 4.90 Å². The maximum absolute atomic E-state index is 6.01. The van der Waals surface area contributed by atoms with Gasteiger partial charge >= 0.3 is 0 Å². The molecule has 1 aliphatic rings. The van der Waals surface area contributed by atoms with E-state index in [1.54, 1.807) is 6.20 Å². The van der Waals surface area contributed by atoms with E-state index in [9.17, 15) is 0 Å². The van der Waals surface area contributed by atoms with E-state index < -0.39 is 0 Å². The van der Waals surface area contributed by atoms with Crippen LogP contribution in [0.3, 0.4) is 0 Å². The molecular formula is C13H16ClN5. The molecule has 0 atom stereocenters. The van der Waals surface area contributed by atoms with Crippen molar-refractivity contribution < 1.29 is 0 Å². The fourth-order valence-electron chi connectivity index (χ4n) is 2.38. The first-order valence-electron chi connectivity index (χ1n) is 6.33. The van der Waals surface area contributed by atoms with E-state index in [0.717, 1.165) is 37.7 Å². The molecule has 0 radical (unpaired) electrons. The molecule has 0 bridgehead atoms. The molecule has 0 amide bonds. The first-order valence-corrected chi connectivity index (χ1v) is 6.71. The number of aromatic nitrogens is 4. The van der Waals surface area contributed by atoms with Crippen molar-refractivity contribution in [3.8, 4) is 0 Å². The van der Waals surface area contributed by atoms with Gasteiger partial charge in [0.25, 0.3) is 0 Å². The zero-order valence-corrected chi connectivity index (χ0v) is 11.9. The molecule has 0 N–H and O–H groups in total. The minimum absolute atomic E-state index is 0.673. The summed E-state index contributed by atoms with van der Waals surface area (Å²) in [6, 6.07) is 0. The minimum Gasteiger partial charge on any atom is -0.321 e. The predicted molar refractivity (Wildman–Crippen MR) is 72.8 cm³/mol. The molecule has 3 heterocycles. The predicted octanol–water partition coefficient (Wildman–Crippen LogP) is 1.73. The fourth-order valence-corrected chi connectivity index (χ4v) is 2.53. The van der Waals surface area contributed by atoms with Gasteiger partial charge in [0.15, 0.2) is 0 Å². The standard InChI is InChI=1S/C13H16ClN5/c1-9-15-5-10-7-19(4-3-11(10)17-9)8-13-16-6-12(14)18(13)2/h5-6H,3-4,7-8H2,1-2H3. The highest BCUT2D eigenvalue weighted by Gasteiger charge is 2.19. The summed E-state index contributed by atoms with van der Waals surface area (Å²) >= 11 is 6.01. The normalized spacial score (nSPS) is 15.5. The summed E-state index contributed by atoms with van der Waals surface area (Å²) in [4.78, 5) is 15.5. The molecule has 0 aromatic carbocycles. The number of hydrogen-bond donors (Lipinski definition) is 0. The van der Waals surface area contributed by atoms with Gasteiger partial charge in [-0.1, -0.05) is 11.6 Å². The van der Waals surface area contributed by atoms with Crippen LogP contribution in [0.15, 0.2) is 12.4 Å². The molecule has 2 aromatic rings. The van der Waals surface area contributed by atoms with Crippen molar-refractivity contribution >= 4 is 11.6 Å². The fraction of sp³-hybridized carbons (Fsp3) is 0.462. The Morgan fingerprint density at radius 2 is 2.16 bits per heavy atom. The van der Waals surface area contributed by atoms with Gasteiger partial charge in [-0.05, 0) is 6.92 Å². The molecule has 0 saturated carbocycles. The average molecular weight is 278 g/mol. The zero-order chi connectivity index (χ0) is 13.4. The Balaban J connectivity index is 1.75. The van der Waals surface area contributed by atoms with Gasteiger partial charge in [-0.15, -0.1) is 0 Å². The number of aryl methyl sites for hydroxylation is 1. The number of rotatable bonds is 2. The van der Waals surface area contributed by atoms with Crippen LogP contribution in [0.1, 0.15) is 22.9 Å². The van der Waals surface area contributed by atoms with Crippen LogP contribution in [-0.4, -0.2) is 31.0 Å². The summed E-state index contributed by atoms with van der Waals surface area (Å²) in [7, 11) is 1.94. The summed E-state index contributed by atoms with van der Waals surface area (Å²) < 4.78 is 1.92. The van der Waals surface area contributed by atoms with E-state index in [0.29, 0.717) is 5.15 Å². The molecular weight excluding hydrogens is 262 g/mol. The van der Waals surface area contributed by atoms with E-state index >= 15 is 0 Å². The summed E-state index contributed by atoms with van der Waals surface area (Å²) in [5.41, 5.74) is 2.40. The van der Waals surface area contributed by atoms with Crippen molar-refractivity contribution in [1.82, 2.24) is 24.4 Å². The third-order valence-electron chi connectivity index (χ3n) is 3.53. The van der Waals surface area contributed by atoms with Crippen LogP contribution >= 0.6 is 11.6 Å². The lowest BCUT2D eigenvalue weighted by Gasteiger charge is -2.27. The van der Waals surface area contributed by atoms with E-state index in [-0.39, 0.29) is 0 Å². The Bertz CT molecular complexity index is 607. The molecule has 5 nitrogen and oxygen atoms in total. The number of nitrogens with zero attached hydrogens (tertiary/aromatic N) is 5. The molecule has 1 aliphatic heterocycles. The van der Waals surface area contributed by atoms with Crippen molar-refractivity contribution in [2.75, 3.05) is 6.54 Å². The van der Waals surface area contributed by atoms with E-state index in [2.05, 4.69) is 19.9 Å². The number of fused-ring (bicyclic) bond motifs is 1. The zero-order valence-electron chi connectivity index (χ0n) is 11.1. The molecule has 0 saturated heterocycles. The summed E-state index contributed by atoms with van der Waals surface area (Å²) in [6.45, 7) is 4.60. The molecule has 0 unspecified atom stereocenters. The van der Waals surface area contributed by atoms with Crippen molar-refractivity contribution in [2.45, 2.75) is 26.4 Å². The van der Waals surface area contributed by atoms with Crippen LogP contribution in [0.2, 0.25) is 5.15 Å². The maximum atomic E-state index is 6.01. The van der Waals surface area contributed by atoms with Gasteiger partial charge in [0.05, 0.1) is 12.7 Å². The van der Waals surface area contributed by atoms with E-state index in [1.165, 1.54) is 11.3 Å². The average Bonchev–Trinajstić information content (AvgIpc) is 2.71. The minimum atomic E-state index is 0.673. The van der Waals surface area contributed by atoms with Gasteiger partial charge in [0.1, 0.15) is 16.8 Å². The highest BCUT2D eigenvalue weighted by atomic mass is 35.5. The van der Waals surface area contributed by atoms with Gasteiger partial charge in [-0.2, -0.15) is 0 Å². The smallest absolute Gasteiger partial charge is 0.128 e. The molecule has 100 valence electrons. The van der Waals surface area contributed by atoms with Gasteiger partial charge in [-0.25, -0.2) is 15.0 Å². The van der Waals surface area contributed by atoms with Crippen molar-refractivity contribution in [2.24, 2.45) is 7.05 Å². The first kappa shape index (κ1) is 12.6. The Labute approximate surface area is 117 Å². The van der Waals surface area contributed by atoms with Crippen LogP contribution in [0.25, 0.3) is 0 Å². The Morgan fingerprint density at radius 1 is 1.32 bits per heavy atom. The number of imidazole rings is 1. The second-order valence-corrected chi connectivity index (χ2v) is 5.29. The van der Waals surface area contributed by atoms with Crippen molar-refractivity contribution in [3.05, 3.63) is 40.5 Å². The number of halogens is 1. The van der Waals surface area contributed by atoms with Gasteiger partial charge < -0.3 is 4.57 Å². The molecule has 2 aromatic heterocycles. The second kappa shape index (κ2) is 4.90. The Morgan fingerprint density at radius 3 is 2.89 bits per heavy atom. The quantitative estimate of drug-likeness (QED) is 0.839. The van der Waals surface area contributed by atoms with Crippen LogP contribution in [-0.2, 0) is 26.6 Å². The highest BCUT2D eigenvalue weighted by Crippen LogP contribution is 2.19. The lowest BCUT2D eigenvalue weighted by molar-refractivity contribution is 0.234. The Hall–Kier alpha value is -1.46. The molecule has 0 aliphatic carbocycles. The van der Waals surface area contributed by atoms with Crippen LogP contribution in [0.4, 0.5) is 0 Å². The van der Waals surface area contributed by atoms with Gasteiger partial charge in [0, 0.05) is 44.0 Å². The monoisotopic (exact) mass is 277 g/mol. The van der Waals surface area contributed by atoms with Crippen molar-refractivity contribution in [1.29, 1.82) is 0 Å². The van der Waals surface area contributed by atoms with E-state index in [4.69, 9.17) is 11.6 Å². The largest absolute Gasteiger partial charge is 0.321 e. The molecule has 19 heavy (non-hydrogen) atoms. The third-order valence-corrected chi connectivity index (χ3v) is 3.88. The van der Waals surface area contributed by atoms with Crippen LogP contribution in [0, 0.1) is 6.92 Å². The SMILES string of the molecule is Cc1ncc2c(n1)CCN(Cc1ncc(Cl)n1C)C2. The molecule has 3 rings (SSSR count). The Kier molecular flexibility index (Phi) is 3.24. The van der Waals surface area contributed by atoms with Crippen LogP contribution in [0.5, 0.6) is 0 Å². The van der Waals surface area contributed by atoms with E-state index in [1.807, 2.05) is 24.7 Å². The number of hydrogen-bond acceptors (Lipinski definition) is 4. The summed E-state index contributed by atoms with van der Waals surface area (Å²) in [5.74, 6) is 1.84.